The summed E-state index contributed by atoms with van der Waals surface area (Å²) < 4.78 is 24.1. The number of hydrogen-bond acceptors (Lipinski definition) is 5. The van der Waals surface area contributed by atoms with Gasteiger partial charge in [-0.2, -0.15) is 5.26 Å². The first-order chi connectivity index (χ1) is 11.0. The average Bonchev–Trinajstić information content (AvgIpc) is 2.53. The Hall–Kier alpha value is -2.81. The molecular weight excluding hydrogens is 299 g/mol. The van der Waals surface area contributed by atoms with E-state index in [9.17, 15) is 14.4 Å². The number of carbonyl (C=O) groups excluding carboxylic acids is 1. The second kappa shape index (κ2) is 6.97. The third kappa shape index (κ3) is 3.19. The highest BCUT2D eigenvalue weighted by Crippen LogP contribution is 2.40. The van der Waals surface area contributed by atoms with Crippen LogP contribution in [0.5, 0.6) is 0 Å². The molecule has 2 N–H and O–H groups in total. The van der Waals surface area contributed by atoms with E-state index >= 15 is 0 Å². The Bertz CT molecular complexity index is 732. The monoisotopic (exact) mass is 316 g/mol. The summed E-state index contributed by atoms with van der Waals surface area (Å²) in [5, 5.41) is 9.41. The van der Waals surface area contributed by atoms with E-state index in [1.165, 1.54) is 18.2 Å². The molecule has 1 aromatic carbocycles. The van der Waals surface area contributed by atoms with Crippen molar-refractivity contribution < 1.29 is 18.7 Å². The molecular formula is C17H17FN2O3. The Labute approximate surface area is 133 Å². The maximum absolute atomic E-state index is 13.6. The molecule has 0 spiro atoms. The predicted octanol–water partition coefficient (Wildman–Crippen LogP) is 2.86. The fourth-order valence-electron chi connectivity index (χ4n) is 2.53. The molecule has 0 saturated heterocycles. The fraction of sp³-hybridized carbons (Fsp3) is 0.294. The summed E-state index contributed by atoms with van der Waals surface area (Å²) in [5.74, 6) is -1.62. The number of nitrogens with zero attached hydrogens (tertiary/aromatic N) is 1. The Morgan fingerprint density at radius 1 is 1.48 bits per heavy atom. The average molecular weight is 316 g/mol. The van der Waals surface area contributed by atoms with Crippen molar-refractivity contribution in [1.29, 1.82) is 5.26 Å². The molecule has 1 aromatic rings. The molecule has 1 heterocycles. The van der Waals surface area contributed by atoms with Crippen LogP contribution in [0.1, 0.15) is 31.7 Å². The van der Waals surface area contributed by atoms with Crippen LogP contribution in [0.15, 0.2) is 47.1 Å². The normalized spacial score (nSPS) is 17.6. The molecule has 0 saturated carbocycles. The third-order valence-electron chi connectivity index (χ3n) is 3.50. The van der Waals surface area contributed by atoms with Crippen molar-refractivity contribution in [2.45, 2.75) is 26.2 Å². The van der Waals surface area contributed by atoms with Gasteiger partial charge in [-0.25, -0.2) is 9.18 Å². The molecule has 0 fully saturated rings. The van der Waals surface area contributed by atoms with Gasteiger partial charge < -0.3 is 15.2 Å². The number of nitriles is 1. The maximum Gasteiger partial charge on any atom is 0.338 e. The van der Waals surface area contributed by atoms with E-state index < -0.39 is 17.7 Å². The van der Waals surface area contributed by atoms with E-state index in [1.54, 1.807) is 19.9 Å². The van der Waals surface area contributed by atoms with E-state index in [1.807, 2.05) is 6.07 Å². The van der Waals surface area contributed by atoms with Crippen LogP contribution in [-0.4, -0.2) is 12.6 Å². The first-order valence-electron chi connectivity index (χ1n) is 7.26. The zero-order valence-electron chi connectivity index (χ0n) is 12.9. The van der Waals surface area contributed by atoms with Crippen LogP contribution in [0.25, 0.3) is 0 Å². The van der Waals surface area contributed by atoms with Gasteiger partial charge in [0, 0.05) is 6.42 Å². The largest absolute Gasteiger partial charge is 0.463 e. The second-order valence-electron chi connectivity index (χ2n) is 4.89. The van der Waals surface area contributed by atoms with E-state index in [-0.39, 0.29) is 23.6 Å². The summed E-state index contributed by atoms with van der Waals surface area (Å²) in [6.07, 6.45) is 0.388. The van der Waals surface area contributed by atoms with Crippen molar-refractivity contribution in [3.05, 3.63) is 58.4 Å². The molecule has 0 aromatic heterocycles. The van der Waals surface area contributed by atoms with Crippen molar-refractivity contribution >= 4 is 5.97 Å². The number of ether oxygens (including phenoxy) is 2. The zero-order valence-corrected chi connectivity index (χ0v) is 12.9. The zero-order chi connectivity index (χ0) is 17.0. The van der Waals surface area contributed by atoms with Crippen LogP contribution in [-0.2, 0) is 14.3 Å². The van der Waals surface area contributed by atoms with Crippen LogP contribution < -0.4 is 5.73 Å². The van der Waals surface area contributed by atoms with Gasteiger partial charge in [-0.1, -0.05) is 19.1 Å². The number of halogens is 1. The lowest BCUT2D eigenvalue weighted by molar-refractivity contribution is -0.139. The van der Waals surface area contributed by atoms with Crippen LogP contribution >= 0.6 is 0 Å². The minimum Gasteiger partial charge on any atom is -0.463 e. The lowest BCUT2D eigenvalue weighted by Crippen LogP contribution is -2.26. The van der Waals surface area contributed by atoms with Gasteiger partial charge in [-0.05, 0) is 24.6 Å². The molecule has 6 heteroatoms. The van der Waals surface area contributed by atoms with E-state index in [0.717, 1.165) is 0 Å². The number of benzene rings is 1. The molecule has 5 nitrogen and oxygen atoms in total. The van der Waals surface area contributed by atoms with Crippen LogP contribution in [0, 0.1) is 17.1 Å². The van der Waals surface area contributed by atoms with Crippen LogP contribution in [0.4, 0.5) is 4.39 Å². The van der Waals surface area contributed by atoms with Gasteiger partial charge in [0.05, 0.1) is 18.1 Å². The summed E-state index contributed by atoms with van der Waals surface area (Å²) >= 11 is 0. The van der Waals surface area contributed by atoms with Gasteiger partial charge in [0.2, 0.25) is 5.88 Å². The van der Waals surface area contributed by atoms with E-state index in [0.29, 0.717) is 17.7 Å². The maximum atomic E-state index is 13.6. The van der Waals surface area contributed by atoms with Crippen LogP contribution in [0.3, 0.4) is 0 Å². The molecule has 0 bridgehead atoms. The number of allylic oxidation sites excluding steroid dienone is 2. The van der Waals surface area contributed by atoms with E-state index in [4.69, 9.17) is 15.2 Å². The summed E-state index contributed by atoms with van der Waals surface area (Å²) in [6, 6.07) is 7.67. The van der Waals surface area contributed by atoms with Crippen LogP contribution in [0.2, 0.25) is 0 Å². The number of esters is 1. The Balaban J connectivity index is 2.66. The van der Waals surface area contributed by atoms with E-state index in [2.05, 4.69) is 0 Å². The lowest BCUT2D eigenvalue weighted by atomic mass is 9.82. The third-order valence-corrected chi connectivity index (χ3v) is 3.50. The Morgan fingerprint density at radius 2 is 2.22 bits per heavy atom. The molecule has 23 heavy (non-hydrogen) atoms. The van der Waals surface area contributed by atoms with Crippen molar-refractivity contribution in [1.82, 2.24) is 0 Å². The quantitative estimate of drug-likeness (QED) is 0.863. The SMILES string of the molecule is CCOC(=O)C1=C(CC)OC(N)=C(C#N)C1c1cccc(F)c1. The van der Waals surface area contributed by atoms with Crippen molar-refractivity contribution in [3.8, 4) is 6.07 Å². The first-order valence-corrected chi connectivity index (χ1v) is 7.26. The van der Waals surface area contributed by atoms with Crippen molar-refractivity contribution in [2.75, 3.05) is 6.61 Å². The highest BCUT2D eigenvalue weighted by atomic mass is 19.1. The topological polar surface area (TPSA) is 85.3 Å². The highest BCUT2D eigenvalue weighted by molar-refractivity contribution is 5.92. The molecule has 0 amide bonds. The second-order valence-corrected chi connectivity index (χ2v) is 4.89. The Kier molecular flexibility index (Phi) is 5.02. The number of carbonyl (C=O) groups is 1. The number of rotatable bonds is 4. The van der Waals surface area contributed by atoms with Gasteiger partial charge in [-0.3, -0.25) is 0 Å². The first kappa shape index (κ1) is 16.6. The van der Waals surface area contributed by atoms with Crippen molar-refractivity contribution in [3.63, 3.8) is 0 Å². The van der Waals surface area contributed by atoms with Gasteiger partial charge >= 0.3 is 5.97 Å². The molecule has 120 valence electrons. The number of nitrogens with two attached hydrogens (primary N) is 1. The lowest BCUT2D eigenvalue weighted by Gasteiger charge is -2.27. The van der Waals surface area contributed by atoms with Gasteiger partial charge in [0.25, 0.3) is 0 Å². The molecule has 1 aliphatic rings. The van der Waals surface area contributed by atoms with Gasteiger partial charge in [0.1, 0.15) is 23.2 Å². The molecule has 1 atom stereocenters. The molecule has 0 aliphatic carbocycles. The van der Waals surface area contributed by atoms with Crippen molar-refractivity contribution in [2.24, 2.45) is 5.73 Å². The summed E-state index contributed by atoms with van der Waals surface area (Å²) in [7, 11) is 0. The minimum atomic E-state index is -0.807. The molecule has 1 unspecified atom stereocenters. The standard InChI is InChI=1S/C17H17FN2O3/c1-3-13-15(17(21)22-4-2)14(12(9-19)16(20)23-13)10-6-5-7-11(18)8-10/h5-8,14H,3-4,20H2,1-2H3. The highest BCUT2D eigenvalue weighted by Gasteiger charge is 2.37. The predicted molar refractivity (Wildman–Crippen MR) is 81.0 cm³/mol. The van der Waals surface area contributed by atoms with Gasteiger partial charge in [-0.15, -0.1) is 0 Å². The summed E-state index contributed by atoms with van der Waals surface area (Å²) in [6.45, 7) is 3.65. The summed E-state index contributed by atoms with van der Waals surface area (Å²) in [5.41, 5.74) is 6.51. The molecule has 1 aliphatic heterocycles. The smallest absolute Gasteiger partial charge is 0.338 e. The van der Waals surface area contributed by atoms with Gasteiger partial charge in [0.15, 0.2) is 0 Å². The molecule has 0 radical (unpaired) electrons. The fourth-order valence-corrected chi connectivity index (χ4v) is 2.53. The molecule has 2 rings (SSSR count). The minimum absolute atomic E-state index is 0.0656. The summed E-state index contributed by atoms with van der Waals surface area (Å²) in [4.78, 5) is 12.4. The number of hydrogen-bond donors (Lipinski definition) is 1. The Morgan fingerprint density at radius 3 is 2.78 bits per heavy atom.